The van der Waals surface area contributed by atoms with Crippen LogP contribution in [0.4, 0.5) is 0 Å². The quantitative estimate of drug-likeness (QED) is 0.738. The molecule has 0 atom stereocenters. The van der Waals surface area contributed by atoms with E-state index in [1.807, 2.05) is 29.4 Å². The van der Waals surface area contributed by atoms with E-state index >= 15 is 0 Å². The van der Waals surface area contributed by atoms with Crippen molar-refractivity contribution in [1.29, 1.82) is 0 Å². The number of aromatic nitrogens is 1. The van der Waals surface area contributed by atoms with E-state index in [1.54, 1.807) is 0 Å². The smallest absolute Gasteiger partial charge is 0.222 e. The molecule has 0 N–H and O–H groups in total. The van der Waals surface area contributed by atoms with E-state index in [-0.39, 0.29) is 0 Å². The van der Waals surface area contributed by atoms with E-state index in [1.165, 1.54) is 12.8 Å². The molecule has 0 bridgehead atoms. The molecule has 1 aliphatic rings. The maximum Gasteiger partial charge on any atom is 0.222 e. The second-order valence-electron chi connectivity index (χ2n) is 4.11. The topological polar surface area (TPSA) is 25.2 Å². The lowest BCUT2D eigenvalue weighted by Gasteiger charge is -2.14. The molecule has 0 aromatic carbocycles. The molecule has 3 nitrogen and oxygen atoms in total. The highest BCUT2D eigenvalue weighted by atomic mass is 16.2. The molecular formula is C12H18N2O. The van der Waals surface area contributed by atoms with Gasteiger partial charge in [0, 0.05) is 38.4 Å². The van der Waals surface area contributed by atoms with Gasteiger partial charge < -0.3 is 9.47 Å². The summed E-state index contributed by atoms with van der Waals surface area (Å²) in [5, 5.41) is 0. The number of amides is 1. The summed E-state index contributed by atoms with van der Waals surface area (Å²) in [6.07, 6.45) is 8.09. The van der Waals surface area contributed by atoms with E-state index < -0.39 is 0 Å². The van der Waals surface area contributed by atoms with E-state index in [4.69, 9.17) is 0 Å². The highest BCUT2D eigenvalue weighted by molar-refractivity contribution is 5.76. The van der Waals surface area contributed by atoms with Crippen molar-refractivity contribution in [2.45, 2.75) is 32.2 Å². The van der Waals surface area contributed by atoms with Crippen LogP contribution in [0.15, 0.2) is 24.5 Å². The monoisotopic (exact) mass is 206 g/mol. The van der Waals surface area contributed by atoms with Gasteiger partial charge in [-0.1, -0.05) is 0 Å². The van der Waals surface area contributed by atoms with Crippen LogP contribution in [-0.4, -0.2) is 28.5 Å². The van der Waals surface area contributed by atoms with Crippen LogP contribution in [0.2, 0.25) is 0 Å². The van der Waals surface area contributed by atoms with Crippen molar-refractivity contribution in [3.63, 3.8) is 0 Å². The largest absolute Gasteiger partial charge is 0.354 e. The first kappa shape index (κ1) is 10.3. The van der Waals surface area contributed by atoms with Gasteiger partial charge in [-0.2, -0.15) is 0 Å². The predicted molar refractivity (Wildman–Crippen MR) is 59.5 cm³/mol. The third-order valence-corrected chi connectivity index (χ3v) is 2.93. The van der Waals surface area contributed by atoms with Crippen LogP contribution in [0.1, 0.15) is 25.7 Å². The Bertz CT molecular complexity index is 299. The van der Waals surface area contributed by atoms with Crippen molar-refractivity contribution in [2.75, 3.05) is 13.1 Å². The fourth-order valence-electron chi connectivity index (χ4n) is 2.06. The van der Waals surface area contributed by atoms with Gasteiger partial charge in [-0.3, -0.25) is 4.79 Å². The first-order valence-electron chi connectivity index (χ1n) is 5.75. The van der Waals surface area contributed by atoms with Gasteiger partial charge in [-0.25, -0.2) is 0 Å². The number of carbonyl (C=O) groups excluding carboxylic acids is 1. The summed E-state index contributed by atoms with van der Waals surface area (Å²) in [7, 11) is 0. The van der Waals surface area contributed by atoms with Gasteiger partial charge >= 0.3 is 0 Å². The Morgan fingerprint density at radius 3 is 2.47 bits per heavy atom. The number of hydrogen-bond donors (Lipinski definition) is 0. The fraction of sp³-hybridized carbons (Fsp3) is 0.583. The zero-order valence-corrected chi connectivity index (χ0v) is 9.06. The molecule has 82 valence electrons. The summed E-state index contributed by atoms with van der Waals surface area (Å²) in [5.41, 5.74) is 0. The van der Waals surface area contributed by atoms with Gasteiger partial charge in [0.2, 0.25) is 5.91 Å². The maximum absolute atomic E-state index is 11.7. The minimum atomic E-state index is 0.333. The number of aryl methyl sites for hydroxylation is 1. The summed E-state index contributed by atoms with van der Waals surface area (Å²) in [4.78, 5) is 13.7. The third-order valence-electron chi connectivity index (χ3n) is 2.93. The molecule has 0 radical (unpaired) electrons. The number of nitrogens with zero attached hydrogens (tertiary/aromatic N) is 2. The average Bonchev–Trinajstić information content (AvgIpc) is 2.90. The molecule has 2 heterocycles. The van der Waals surface area contributed by atoms with Crippen molar-refractivity contribution in [3.05, 3.63) is 24.5 Å². The molecule has 1 fully saturated rings. The zero-order valence-electron chi connectivity index (χ0n) is 9.06. The second kappa shape index (κ2) is 5.01. The van der Waals surface area contributed by atoms with Gasteiger partial charge in [-0.05, 0) is 31.4 Å². The molecule has 0 unspecified atom stereocenters. The lowest BCUT2D eigenvalue weighted by atomic mass is 10.3. The number of likely N-dealkylation sites (tertiary alicyclic amines) is 1. The molecule has 0 spiro atoms. The molecule has 1 aromatic heterocycles. The van der Waals surface area contributed by atoms with Crippen molar-refractivity contribution in [1.82, 2.24) is 9.47 Å². The van der Waals surface area contributed by atoms with Crippen LogP contribution in [0, 0.1) is 0 Å². The Kier molecular flexibility index (Phi) is 3.43. The highest BCUT2D eigenvalue weighted by Gasteiger charge is 2.16. The summed E-state index contributed by atoms with van der Waals surface area (Å²) in [6.45, 7) is 2.90. The predicted octanol–water partition coefficient (Wildman–Crippen LogP) is 1.89. The summed E-state index contributed by atoms with van der Waals surface area (Å²) >= 11 is 0. The maximum atomic E-state index is 11.7. The van der Waals surface area contributed by atoms with Gasteiger partial charge in [0.15, 0.2) is 0 Å². The third kappa shape index (κ3) is 2.85. The molecule has 1 aromatic rings. The van der Waals surface area contributed by atoms with Crippen LogP contribution in [0.3, 0.4) is 0 Å². The van der Waals surface area contributed by atoms with Crippen LogP contribution in [0.25, 0.3) is 0 Å². The normalized spacial score (nSPS) is 15.9. The van der Waals surface area contributed by atoms with Crippen LogP contribution < -0.4 is 0 Å². The molecule has 0 saturated carbocycles. The molecular weight excluding hydrogens is 188 g/mol. The minimum Gasteiger partial charge on any atom is -0.354 e. The Labute approximate surface area is 90.7 Å². The Hall–Kier alpha value is -1.25. The summed E-state index contributed by atoms with van der Waals surface area (Å²) < 4.78 is 2.12. The zero-order chi connectivity index (χ0) is 10.5. The lowest BCUT2D eigenvalue weighted by molar-refractivity contribution is -0.130. The van der Waals surface area contributed by atoms with Crippen molar-refractivity contribution >= 4 is 5.91 Å². The van der Waals surface area contributed by atoms with Crippen molar-refractivity contribution in [3.8, 4) is 0 Å². The fourth-order valence-corrected chi connectivity index (χ4v) is 2.06. The Morgan fingerprint density at radius 2 is 1.80 bits per heavy atom. The number of rotatable bonds is 4. The Morgan fingerprint density at radius 1 is 1.13 bits per heavy atom. The average molecular weight is 206 g/mol. The molecule has 1 aliphatic heterocycles. The first-order chi connectivity index (χ1) is 7.36. The van der Waals surface area contributed by atoms with E-state index in [0.29, 0.717) is 12.3 Å². The van der Waals surface area contributed by atoms with E-state index in [0.717, 1.165) is 26.1 Å². The van der Waals surface area contributed by atoms with E-state index in [9.17, 15) is 4.79 Å². The first-order valence-corrected chi connectivity index (χ1v) is 5.75. The van der Waals surface area contributed by atoms with Crippen LogP contribution in [-0.2, 0) is 11.3 Å². The number of carbonyl (C=O) groups is 1. The Balaban J connectivity index is 1.67. The SMILES string of the molecule is O=C(CCCn1cccc1)N1CCCC1. The molecule has 15 heavy (non-hydrogen) atoms. The molecule has 1 amide bonds. The van der Waals surface area contributed by atoms with Gasteiger partial charge in [0.25, 0.3) is 0 Å². The van der Waals surface area contributed by atoms with Crippen LogP contribution >= 0.6 is 0 Å². The second-order valence-corrected chi connectivity index (χ2v) is 4.11. The van der Waals surface area contributed by atoms with Crippen LogP contribution in [0.5, 0.6) is 0 Å². The summed E-state index contributed by atoms with van der Waals surface area (Å²) in [5.74, 6) is 0.333. The standard InChI is InChI=1S/C12H18N2O/c15-12(14-10-3-4-11-14)6-5-9-13-7-1-2-8-13/h1-2,7-8H,3-6,9-11H2. The number of hydrogen-bond acceptors (Lipinski definition) is 1. The minimum absolute atomic E-state index is 0.333. The van der Waals surface area contributed by atoms with Gasteiger partial charge in [0.05, 0.1) is 0 Å². The lowest BCUT2D eigenvalue weighted by Crippen LogP contribution is -2.27. The summed E-state index contributed by atoms with van der Waals surface area (Å²) in [6, 6.07) is 4.03. The highest BCUT2D eigenvalue weighted by Crippen LogP contribution is 2.10. The van der Waals surface area contributed by atoms with Gasteiger partial charge in [0.1, 0.15) is 0 Å². The van der Waals surface area contributed by atoms with Crippen molar-refractivity contribution in [2.24, 2.45) is 0 Å². The molecule has 1 saturated heterocycles. The molecule has 2 rings (SSSR count). The van der Waals surface area contributed by atoms with Crippen molar-refractivity contribution < 1.29 is 4.79 Å². The molecule has 3 heteroatoms. The van der Waals surface area contributed by atoms with E-state index in [2.05, 4.69) is 4.57 Å². The molecule has 0 aliphatic carbocycles. The van der Waals surface area contributed by atoms with Gasteiger partial charge in [-0.15, -0.1) is 0 Å².